The normalized spacial score (nSPS) is 12.5. The SMILES string of the molecule is CC[C@H](C)[C@@H](NC(=O)OCc1ccccc1)C(=O)OCC(=O)c1ccc(Br)cc1. The third-order valence-electron chi connectivity index (χ3n) is 4.46. The molecule has 0 aliphatic heterocycles. The van der Waals surface area contributed by atoms with Crippen molar-refractivity contribution in [2.45, 2.75) is 32.9 Å². The molecule has 0 radical (unpaired) electrons. The van der Waals surface area contributed by atoms with E-state index in [1.165, 1.54) is 0 Å². The number of ether oxygens (including phenoxy) is 2. The summed E-state index contributed by atoms with van der Waals surface area (Å²) in [5.41, 5.74) is 1.28. The van der Waals surface area contributed by atoms with Gasteiger partial charge >= 0.3 is 12.1 Å². The Balaban J connectivity index is 1.90. The maximum absolute atomic E-state index is 12.5. The molecule has 6 nitrogen and oxygen atoms in total. The molecule has 0 fully saturated rings. The lowest BCUT2D eigenvalue weighted by Crippen LogP contribution is -2.46. The molecule has 29 heavy (non-hydrogen) atoms. The van der Waals surface area contributed by atoms with Crippen LogP contribution in [-0.2, 0) is 20.9 Å². The monoisotopic (exact) mass is 461 g/mol. The number of esters is 1. The first-order valence-electron chi connectivity index (χ1n) is 9.33. The van der Waals surface area contributed by atoms with E-state index in [0.717, 1.165) is 10.0 Å². The van der Waals surface area contributed by atoms with Crippen molar-refractivity contribution in [1.82, 2.24) is 5.32 Å². The molecule has 1 amide bonds. The Labute approximate surface area is 178 Å². The molecule has 2 aromatic carbocycles. The molecular weight excluding hydrogens is 438 g/mol. The average Bonchev–Trinajstić information content (AvgIpc) is 2.74. The van der Waals surface area contributed by atoms with Crippen LogP contribution in [-0.4, -0.2) is 30.5 Å². The van der Waals surface area contributed by atoms with Crippen molar-refractivity contribution in [3.05, 3.63) is 70.2 Å². The van der Waals surface area contributed by atoms with Gasteiger partial charge in [0.2, 0.25) is 0 Å². The van der Waals surface area contributed by atoms with Crippen molar-refractivity contribution in [2.75, 3.05) is 6.61 Å². The minimum absolute atomic E-state index is 0.0942. The molecule has 0 heterocycles. The number of nitrogens with one attached hydrogen (secondary N) is 1. The van der Waals surface area contributed by atoms with Crippen LogP contribution in [0.5, 0.6) is 0 Å². The highest BCUT2D eigenvalue weighted by molar-refractivity contribution is 9.10. The van der Waals surface area contributed by atoms with Crippen LogP contribution in [0.15, 0.2) is 59.1 Å². The van der Waals surface area contributed by atoms with E-state index >= 15 is 0 Å². The number of alkyl carbamates (subject to hydrolysis) is 1. The molecule has 0 spiro atoms. The molecule has 0 saturated carbocycles. The Hall–Kier alpha value is -2.67. The van der Waals surface area contributed by atoms with Crippen molar-refractivity contribution in [3.8, 4) is 0 Å². The average molecular weight is 462 g/mol. The Bertz CT molecular complexity index is 823. The Kier molecular flexibility index (Phi) is 8.86. The number of amides is 1. The highest BCUT2D eigenvalue weighted by Gasteiger charge is 2.28. The molecule has 0 aliphatic carbocycles. The van der Waals surface area contributed by atoms with E-state index in [1.54, 1.807) is 24.3 Å². The van der Waals surface area contributed by atoms with Crippen LogP contribution in [0, 0.1) is 5.92 Å². The number of halogens is 1. The van der Waals surface area contributed by atoms with Crippen molar-refractivity contribution in [2.24, 2.45) is 5.92 Å². The molecule has 1 N–H and O–H groups in total. The number of Topliss-reactive ketones (excluding diaryl/α,β-unsaturated/α-hetero) is 1. The van der Waals surface area contributed by atoms with E-state index in [0.29, 0.717) is 12.0 Å². The minimum atomic E-state index is -0.902. The van der Waals surface area contributed by atoms with Gasteiger partial charge in [-0.3, -0.25) is 4.79 Å². The highest BCUT2D eigenvalue weighted by Crippen LogP contribution is 2.13. The van der Waals surface area contributed by atoms with E-state index in [9.17, 15) is 14.4 Å². The van der Waals surface area contributed by atoms with Crippen LogP contribution in [0.1, 0.15) is 36.2 Å². The molecule has 0 aromatic heterocycles. The summed E-state index contributed by atoms with van der Waals surface area (Å²) in [5.74, 6) is -1.17. The van der Waals surface area contributed by atoms with Gasteiger partial charge in [-0.15, -0.1) is 0 Å². The minimum Gasteiger partial charge on any atom is -0.456 e. The summed E-state index contributed by atoms with van der Waals surface area (Å²) >= 11 is 3.30. The Morgan fingerprint density at radius 3 is 2.28 bits per heavy atom. The van der Waals surface area contributed by atoms with Crippen molar-refractivity contribution < 1.29 is 23.9 Å². The summed E-state index contributed by atoms with van der Waals surface area (Å²) in [6.45, 7) is 3.42. The smallest absolute Gasteiger partial charge is 0.408 e. The molecule has 0 aliphatic rings. The summed E-state index contributed by atoms with van der Waals surface area (Å²) in [4.78, 5) is 36.8. The maximum atomic E-state index is 12.5. The number of ketones is 1. The van der Waals surface area contributed by atoms with Crippen molar-refractivity contribution in [1.29, 1.82) is 0 Å². The van der Waals surface area contributed by atoms with Gasteiger partial charge in [0, 0.05) is 10.0 Å². The summed E-state index contributed by atoms with van der Waals surface area (Å²) in [5, 5.41) is 2.56. The lowest BCUT2D eigenvalue weighted by molar-refractivity contribution is -0.146. The molecule has 0 unspecified atom stereocenters. The Morgan fingerprint density at radius 1 is 1.00 bits per heavy atom. The highest BCUT2D eigenvalue weighted by atomic mass is 79.9. The largest absolute Gasteiger partial charge is 0.456 e. The second kappa shape index (κ2) is 11.4. The number of carbonyl (C=O) groups excluding carboxylic acids is 3. The van der Waals surface area contributed by atoms with Gasteiger partial charge in [-0.1, -0.05) is 78.7 Å². The van der Waals surface area contributed by atoms with Crippen molar-refractivity contribution in [3.63, 3.8) is 0 Å². The van der Waals surface area contributed by atoms with Crippen LogP contribution >= 0.6 is 15.9 Å². The second-order valence-electron chi connectivity index (χ2n) is 6.61. The first-order chi connectivity index (χ1) is 13.9. The number of hydrogen-bond donors (Lipinski definition) is 1. The molecular formula is C22H24BrNO5. The van der Waals surface area contributed by atoms with E-state index in [2.05, 4.69) is 21.2 Å². The standard InChI is InChI=1S/C22H24BrNO5/c1-3-15(2)20(24-22(27)29-13-16-7-5-4-6-8-16)21(26)28-14-19(25)17-9-11-18(23)12-10-17/h4-12,15,20H,3,13-14H2,1-2H3,(H,24,27)/t15-,20+/m0/s1. The number of rotatable bonds is 9. The van der Waals surface area contributed by atoms with Gasteiger partial charge in [0.25, 0.3) is 0 Å². The zero-order chi connectivity index (χ0) is 21.2. The van der Waals surface area contributed by atoms with Gasteiger partial charge in [-0.2, -0.15) is 0 Å². The van der Waals surface area contributed by atoms with Crippen LogP contribution in [0.3, 0.4) is 0 Å². The van der Waals surface area contributed by atoms with Crippen LogP contribution in [0.4, 0.5) is 4.79 Å². The van der Waals surface area contributed by atoms with E-state index in [1.807, 2.05) is 44.2 Å². The predicted octanol–water partition coefficient (Wildman–Crippen LogP) is 4.52. The van der Waals surface area contributed by atoms with Crippen LogP contribution in [0.25, 0.3) is 0 Å². The number of hydrogen-bond acceptors (Lipinski definition) is 5. The Morgan fingerprint density at radius 2 is 1.66 bits per heavy atom. The number of benzene rings is 2. The van der Waals surface area contributed by atoms with Crippen LogP contribution in [0.2, 0.25) is 0 Å². The van der Waals surface area contributed by atoms with E-state index < -0.39 is 24.7 Å². The molecule has 2 atom stereocenters. The summed E-state index contributed by atoms with van der Waals surface area (Å²) in [7, 11) is 0. The van der Waals surface area contributed by atoms with Gasteiger partial charge in [0.1, 0.15) is 12.6 Å². The predicted molar refractivity (Wildman–Crippen MR) is 112 cm³/mol. The fraction of sp³-hybridized carbons (Fsp3) is 0.318. The fourth-order valence-electron chi connectivity index (χ4n) is 2.51. The first kappa shape index (κ1) is 22.6. The number of carbonyl (C=O) groups is 3. The molecule has 2 aromatic rings. The second-order valence-corrected chi connectivity index (χ2v) is 7.52. The van der Waals surface area contributed by atoms with Gasteiger partial charge < -0.3 is 14.8 Å². The third kappa shape index (κ3) is 7.34. The summed E-state index contributed by atoms with van der Waals surface area (Å²) in [6, 6.07) is 15.1. The zero-order valence-corrected chi connectivity index (χ0v) is 18.0. The molecule has 0 bridgehead atoms. The van der Waals surface area contributed by atoms with Gasteiger partial charge in [-0.25, -0.2) is 9.59 Å². The van der Waals surface area contributed by atoms with Gasteiger partial charge in [0.05, 0.1) is 0 Å². The van der Waals surface area contributed by atoms with Crippen molar-refractivity contribution >= 4 is 33.8 Å². The zero-order valence-electron chi connectivity index (χ0n) is 16.4. The topological polar surface area (TPSA) is 81.7 Å². The quantitative estimate of drug-likeness (QED) is 0.438. The van der Waals surface area contributed by atoms with Gasteiger partial charge in [-0.05, 0) is 23.6 Å². The van der Waals surface area contributed by atoms with Gasteiger partial charge in [0.15, 0.2) is 12.4 Å². The van der Waals surface area contributed by atoms with Crippen LogP contribution < -0.4 is 5.32 Å². The lowest BCUT2D eigenvalue weighted by atomic mass is 9.99. The summed E-state index contributed by atoms with van der Waals surface area (Å²) < 4.78 is 11.2. The molecule has 7 heteroatoms. The van der Waals surface area contributed by atoms with E-state index in [-0.39, 0.29) is 18.3 Å². The first-order valence-corrected chi connectivity index (χ1v) is 10.1. The molecule has 154 valence electrons. The van der Waals surface area contributed by atoms with E-state index in [4.69, 9.17) is 9.47 Å². The molecule has 2 rings (SSSR count). The molecule has 0 saturated heterocycles. The fourth-order valence-corrected chi connectivity index (χ4v) is 2.77. The maximum Gasteiger partial charge on any atom is 0.408 e. The summed E-state index contributed by atoms with van der Waals surface area (Å²) in [6.07, 6.45) is -0.0744. The lowest BCUT2D eigenvalue weighted by Gasteiger charge is -2.22. The third-order valence-corrected chi connectivity index (χ3v) is 4.99.